The number of carbonyl (C=O) groups excluding carboxylic acids is 1. The van der Waals surface area contributed by atoms with Gasteiger partial charge in [0.05, 0.1) is 5.69 Å². The Morgan fingerprint density at radius 1 is 1.44 bits per heavy atom. The minimum atomic E-state index is -0.460. The summed E-state index contributed by atoms with van der Waals surface area (Å²) < 4.78 is 13.3. The molecule has 0 aromatic heterocycles. The molecule has 0 aliphatic carbocycles. The largest absolute Gasteiger partial charge is 0.399 e. The quantitative estimate of drug-likeness (QED) is 0.590. The minimum absolute atomic E-state index is 0.154. The molecule has 1 rings (SSSR count). The normalized spacial score (nSPS) is 10.3. The molecule has 0 atom stereocenters. The first-order chi connectivity index (χ1) is 8.63. The topological polar surface area (TPSA) is 55.1 Å². The van der Waals surface area contributed by atoms with Crippen LogP contribution in [-0.2, 0) is 4.79 Å². The first kappa shape index (κ1) is 14.8. The predicted octanol–water partition coefficient (Wildman–Crippen LogP) is 3.27. The van der Waals surface area contributed by atoms with Crippen molar-refractivity contribution in [3.63, 3.8) is 0 Å². The van der Waals surface area contributed by atoms with E-state index >= 15 is 0 Å². The molecule has 0 spiro atoms. The van der Waals surface area contributed by atoms with E-state index < -0.39 is 5.82 Å². The van der Waals surface area contributed by atoms with Crippen molar-refractivity contribution in [3.8, 4) is 0 Å². The van der Waals surface area contributed by atoms with Crippen LogP contribution in [0.25, 0.3) is 0 Å². The van der Waals surface area contributed by atoms with E-state index in [4.69, 9.17) is 5.73 Å². The van der Waals surface area contributed by atoms with Gasteiger partial charge in [-0.15, -0.1) is 0 Å². The van der Waals surface area contributed by atoms with Crippen LogP contribution >= 0.6 is 11.8 Å². The van der Waals surface area contributed by atoms with E-state index in [0.29, 0.717) is 12.1 Å². The summed E-state index contributed by atoms with van der Waals surface area (Å²) in [4.78, 5) is 11.6. The van der Waals surface area contributed by atoms with Gasteiger partial charge in [0.1, 0.15) is 5.82 Å². The molecule has 0 saturated heterocycles. The van der Waals surface area contributed by atoms with Crippen molar-refractivity contribution in [2.75, 3.05) is 22.6 Å². The molecule has 0 fully saturated rings. The molecule has 1 amide bonds. The van der Waals surface area contributed by atoms with Gasteiger partial charge in [-0.3, -0.25) is 4.79 Å². The van der Waals surface area contributed by atoms with Crippen LogP contribution in [-0.4, -0.2) is 17.4 Å². The number of nitrogens with two attached hydrogens (primary N) is 1. The maximum absolute atomic E-state index is 13.3. The maximum Gasteiger partial charge on any atom is 0.224 e. The number of benzene rings is 1. The van der Waals surface area contributed by atoms with Gasteiger partial charge in [0, 0.05) is 12.1 Å². The fourth-order valence-corrected chi connectivity index (χ4v) is 2.27. The van der Waals surface area contributed by atoms with E-state index in [1.54, 1.807) is 0 Å². The van der Waals surface area contributed by atoms with Crippen LogP contribution in [0, 0.1) is 5.82 Å². The van der Waals surface area contributed by atoms with Gasteiger partial charge in [-0.05, 0) is 42.5 Å². The number of hydrogen-bond donors (Lipinski definition) is 2. The zero-order chi connectivity index (χ0) is 13.4. The van der Waals surface area contributed by atoms with Crippen LogP contribution in [0.5, 0.6) is 0 Å². The highest BCUT2D eigenvalue weighted by molar-refractivity contribution is 7.99. The summed E-state index contributed by atoms with van der Waals surface area (Å²) in [6, 6.07) is 4.15. The molecular weight excluding hydrogens is 251 g/mol. The Balaban J connectivity index is 2.33. The van der Waals surface area contributed by atoms with Crippen LogP contribution in [0.1, 0.15) is 26.2 Å². The average molecular weight is 270 g/mol. The highest BCUT2D eigenvalue weighted by Gasteiger charge is 2.07. The molecule has 0 radical (unpaired) electrons. The second-order valence-corrected chi connectivity index (χ2v) is 5.23. The van der Waals surface area contributed by atoms with Gasteiger partial charge in [0.15, 0.2) is 0 Å². The summed E-state index contributed by atoms with van der Waals surface area (Å²) in [6.45, 7) is 2.13. The predicted molar refractivity (Wildman–Crippen MR) is 76.3 cm³/mol. The minimum Gasteiger partial charge on any atom is -0.399 e. The molecule has 1 aromatic rings. The molecule has 100 valence electrons. The zero-order valence-electron chi connectivity index (χ0n) is 10.5. The average Bonchev–Trinajstić information content (AvgIpc) is 2.33. The van der Waals surface area contributed by atoms with Crippen LogP contribution < -0.4 is 11.1 Å². The van der Waals surface area contributed by atoms with E-state index in [9.17, 15) is 9.18 Å². The summed E-state index contributed by atoms with van der Waals surface area (Å²) in [6.07, 6.45) is 2.36. The highest BCUT2D eigenvalue weighted by Crippen LogP contribution is 2.17. The monoisotopic (exact) mass is 270 g/mol. The molecule has 3 nitrogen and oxygen atoms in total. The highest BCUT2D eigenvalue weighted by atomic mass is 32.2. The second-order valence-electron chi connectivity index (χ2n) is 4.00. The van der Waals surface area contributed by atoms with E-state index in [-0.39, 0.29) is 11.6 Å². The third-order valence-electron chi connectivity index (χ3n) is 2.31. The summed E-state index contributed by atoms with van der Waals surface area (Å²) >= 11 is 1.83. The molecule has 5 heteroatoms. The van der Waals surface area contributed by atoms with Gasteiger partial charge in [0.2, 0.25) is 5.91 Å². The van der Waals surface area contributed by atoms with Crippen molar-refractivity contribution >= 4 is 29.0 Å². The van der Waals surface area contributed by atoms with Gasteiger partial charge in [-0.25, -0.2) is 4.39 Å². The van der Waals surface area contributed by atoms with Gasteiger partial charge >= 0.3 is 0 Å². The summed E-state index contributed by atoms with van der Waals surface area (Å²) in [5.41, 5.74) is 6.13. The number of hydrogen-bond acceptors (Lipinski definition) is 3. The number of rotatable bonds is 7. The molecule has 0 unspecified atom stereocenters. The first-order valence-electron chi connectivity index (χ1n) is 6.06. The number of anilines is 2. The molecule has 3 N–H and O–H groups in total. The molecule has 0 saturated carbocycles. The fourth-order valence-electron chi connectivity index (χ4n) is 1.43. The molecule has 0 heterocycles. The molecule has 1 aromatic carbocycles. The van der Waals surface area contributed by atoms with Crippen molar-refractivity contribution in [1.82, 2.24) is 0 Å². The Hall–Kier alpha value is -1.23. The lowest BCUT2D eigenvalue weighted by Gasteiger charge is -2.07. The van der Waals surface area contributed by atoms with E-state index in [2.05, 4.69) is 12.2 Å². The number of nitrogens with one attached hydrogen (secondary N) is 1. The lowest BCUT2D eigenvalue weighted by molar-refractivity contribution is -0.116. The molecule has 0 aliphatic rings. The van der Waals surface area contributed by atoms with Crippen molar-refractivity contribution in [2.45, 2.75) is 26.2 Å². The van der Waals surface area contributed by atoms with Crippen LogP contribution in [0.3, 0.4) is 0 Å². The third-order valence-corrected chi connectivity index (χ3v) is 3.58. The van der Waals surface area contributed by atoms with Gasteiger partial charge < -0.3 is 11.1 Å². The zero-order valence-corrected chi connectivity index (χ0v) is 11.4. The Kier molecular flexibility index (Phi) is 6.57. The van der Waals surface area contributed by atoms with Crippen molar-refractivity contribution < 1.29 is 9.18 Å². The fraction of sp³-hybridized carbons (Fsp3) is 0.462. The molecular formula is C13H19FN2OS. The second kappa shape index (κ2) is 7.97. The van der Waals surface area contributed by atoms with Gasteiger partial charge in [0.25, 0.3) is 0 Å². The third kappa shape index (κ3) is 5.40. The lowest BCUT2D eigenvalue weighted by Crippen LogP contribution is -2.13. The number of amides is 1. The van der Waals surface area contributed by atoms with E-state index in [0.717, 1.165) is 24.3 Å². The molecule has 0 bridgehead atoms. The summed E-state index contributed by atoms with van der Waals surface area (Å²) in [7, 11) is 0. The Bertz CT molecular complexity index is 399. The standard InChI is InChI=1S/C13H19FN2OS/c1-2-7-18-8-3-4-13(17)16-12-9-10(15)5-6-11(12)14/h5-6,9H,2-4,7-8,15H2,1H3,(H,16,17). The van der Waals surface area contributed by atoms with Crippen molar-refractivity contribution in [2.24, 2.45) is 0 Å². The molecule has 18 heavy (non-hydrogen) atoms. The van der Waals surface area contributed by atoms with Crippen LogP contribution in [0.15, 0.2) is 18.2 Å². The van der Waals surface area contributed by atoms with Gasteiger partial charge in [-0.2, -0.15) is 11.8 Å². The SMILES string of the molecule is CCCSCCCC(=O)Nc1cc(N)ccc1F. The van der Waals surface area contributed by atoms with Crippen molar-refractivity contribution in [3.05, 3.63) is 24.0 Å². The Morgan fingerprint density at radius 2 is 2.22 bits per heavy atom. The van der Waals surface area contributed by atoms with Crippen LogP contribution in [0.2, 0.25) is 0 Å². The van der Waals surface area contributed by atoms with Crippen LogP contribution in [0.4, 0.5) is 15.8 Å². The number of halogens is 1. The van der Waals surface area contributed by atoms with Gasteiger partial charge in [-0.1, -0.05) is 6.92 Å². The Labute approximate surface area is 111 Å². The van der Waals surface area contributed by atoms with E-state index in [1.807, 2.05) is 11.8 Å². The molecule has 0 aliphatic heterocycles. The number of carbonyl (C=O) groups is 1. The number of nitrogen functional groups attached to an aromatic ring is 1. The number of thioether (sulfide) groups is 1. The van der Waals surface area contributed by atoms with Crippen molar-refractivity contribution in [1.29, 1.82) is 0 Å². The first-order valence-corrected chi connectivity index (χ1v) is 7.21. The maximum atomic E-state index is 13.3. The Morgan fingerprint density at radius 3 is 2.94 bits per heavy atom. The summed E-state index contributed by atoms with van der Waals surface area (Å²) in [5.74, 6) is 1.45. The summed E-state index contributed by atoms with van der Waals surface area (Å²) in [5, 5.41) is 2.54. The smallest absolute Gasteiger partial charge is 0.224 e. The van der Waals surface area contributed by atoms with E-state index in [1.165, 1.54) is 18.2 Å². The lowest BCUT2D eigenvalue weighted by atomic mass is 10.2.